The Labute approximate surface area is 143 Å². The van der Waals surface area contributed by atoms with Crippen molar-refractivity contribution in [2.45, 2.75) is 44.6 Å². The Morgan fingerprint density at radius 2 is 1.75 bits per heavy atom. The zero-order valence-corrected chi connectivity index (χ0v) is 14.0. The predicted molar refractivity (Wildman–Crippen MR) is 94.2 cm³/mol. The number of likely N-dealkylation sites (tertiary alicyclic amines) is 1. The maximum Gasteiger partial charge on any atom is 0.223 e. The molecule has 1 aliphatic rings. The van der Waals surface area contributed by atoms with Gasteiger partial charge in [-0.2, -0.15) is 0 Å². The van der Waals surface area contributed by atoms with Crippen molar-refractivity contribution in [2.24, 2.45) is 0 Å². The van der Waals surface area contributed by atoms with Gasteiger partial charge in [-0.15, -0.1) is 0 Å². The number of nitrogens with zero attached hydrogens (tertiary/aromatic N) is 1. The van der Waals surface area contributed by atoms with Gasteiger partial charge in [-0.05, 0) is 55.4 Å². The van der Waals surface area contributed by atoms with Gasteiger partial charge in [0.2, 0.25) is 5.91 Å². The first-order valence-corrected chi connectivity index (χ1v) is 8.80. The molecule has 126 valence electrons. The number of halogens is 1. The summed E-state index contributed by atoms with van der Waals surface area (Å²) in [4.78, 5) is 14.8. The van der Waals surface area contributed by atoms with Crippen LogP contribution in [0.5, 0.6) is 0 Å². The number of carbonyl (C=O) groups excluding carboxylic acids is 1. The molecule has 0 unspecified atom stereocenters. The van der Waals surface area contributed by atoms with Crippen molar-refractivity contribution in [1.29, 1.82) is 0 Å². The van der Waals surface area contributed by atoms with Gasteiger partial charge in [-0.3, -0.25) is 4.79 Å². The normalized spacial score (nSPS) is 17.7. The number of benzene rings is 2. The fraction of sp³-hybridized carbons (Fsp3) is 0.381. The molecular formula is C21H24FNO. The molecule has 0 N–H and O–H groups in total. The summed E-state index contributed by atoms with van der Waals surface area (Å²) in [5.74, 6) is -0.0102. The molecule has 0 bridgehead atoms. The Morgan fingerprint density at radius 3 is 2.50 bits per heavy atom. The molecule has 1 atom stereocenters. The van der Waals surface area contributed by atoms with Gasteiger partial charge in [0.15, 0.2) is 0 Å². The van der Waals surface area contributed by atoms with Crippen LogP contribution in [0.1, 0.15) is 36.8 Å². The summed E-state index contributed by atoms with van der Waals surface area (Å²) in [5.41, 5.74) is 2.31. The van der Waals surface area contributed by atoms with Crippen molar-refractivity contribution in [3.63, 3.8) is 0 Å². The highest BCUT2D eigenvalue weighted by molar-refractivity contribution is 5.77. The van der Waals surface area contributed by atoms with Gasteiger partial charge in [-0.1, -0.05) is 42.5 Å². The van der Waals surface area contributed by atoms with Crippen molar-refractivity contribution in [3.05, 3.63) is 71.5 Å². The largest absolute Gasteiger partial charge is 0.339 e. The van der Waals surface area contributed by atoms with Gasteiger partial charge in [0.25, 0.3) is 0 Å². The Morgan fingerprint density at radius 1 is 1.00 bits per heavy atom. The molecule has 1 saturated heterocycles. The summed E-state index contributed by atoms with van der Waals surface area (Å²) in [7, 11) is 0. The average molecular weight is 325 g/mol. The van der Waals surface area contributed by atoms with Crippen LogP contribution < -0.4 is 0 Å². The van der Waals surface area contributed by atoms with Gasteiger partial charge in [0.05, 0.1) is 0 Å². The van der Waals surface area contributed by atoms with E-state index in [4.69, 9.17) is 0 Å². The molecule has 0 aromatic heterocycles. The van der Waals surface area contributed by atoms with E-state index in [0.717, 1.165) is 31.4 Å². The number of rotatable bonds is 5. The maximum absolute atomic E-state index is 13.0. The van der Waals surface area contributed by atoms with E-state index in [0.29, 0.717) is 18.9 Å². The molecule has 1 aliphatic heterocycles. The van der Waals surface area contributed by atoms with E-state index in [9.17, 15) is 9.18 Å². The molecule has 2 aromatic carbocycles. The quantitative estimate of drug-likeness (QED) is 0.799. The molecule has 0 saturated carbocycles. The second kappa shape index (κ2) is 8.09. The van der Waals surface area contributed by atoms with Crippen LogP contribution >= 0.6 is 0 Å². The van der Waals surface area contributed by atoms with E-state index in [1.165, 1.54) is 24.1 Å². The summed E-state index contributed by atoms with van der Waals surface area (Å²) in [6.07, 6.45) is 5.47. The molecule has 0 aliphatic carbocycles. The molecule has 24 heavy (non-hydrogen) atoms. The topological polar surface area (TPSA) is 20.3 Å². The highest BCUT2D eigenvalue weighted by atomic mass is 19.1. The lowest BCUT2D eigenvalue weighted by molar-refractivity contribution is -0.134. The van der Waals surface area contributed by atoms with Crippen LogP contribution in [-0.2, 0) is 17.6 Å². The maximum atomic E-state index is 13.0. The number of carbonyl (C=O) groups is 1. The fourth-order valence-electron chi connectivity index (χ4n) is 3.47. The summed E-state index contributed by atoms with van der Waals surface area (Å²) < 4.78 is 13.0. The van der Waals surface area contributed by atoms with E-state index in [1.807, 2.05) is 6.07 Å². The minimum atomic E-state index is -0.232. The molecule has 1 fully saturated rings. The van der Waals surface area contributed by atoms with Gasteiger partial charge in [-0.25, -0.2) is 4.39 Å². The first-order chi connectivity index (χ1) is 11.7. The van der Waals surface area contributed by atoms with Gasteiger partial charge in [0.1, 0.15) is 5.82 Å². The van der Waals surface area contributed by atoms with Gasteiger partial charge in [0, 0.05) is 19.0 Å². The van der Waals surface area contributed by atoms with E-state index < -0.39 is 0 Å². The third-order valence-electron chi connectivity index (χ3n) is 4.80. The number of hydrogen-bond acceptors (Lipinski definition) is 1. The van der Waals surface area contributed by atoms with Crippen molar-refractivity contribution >= 4 is 5.91 Å². The molecule has 0 radical (unpaired) electrons. The van der Waals surface area contributed by atoms with Crippen molar-refractivity contribution in [2.75, 3.05) is 6.54 Å². The molecule has 3 rings (SSSR count). The Kier molecular flexibility index (Phi) is 5.63. The highest BCUT2D eigenvalue weighted by Gasteiger charge is 2.26. The minimum absolute atomic E-state index is 0.222. The Hall–Kier alpha value is -2.16. The summed E-state index contributed by atoms with van der Waals surface area (Å²) in [6.45, 7) is 0.861. The van der Waals surface area contributed by atoms with Crippen molar-refractivity contribution in [3.8, 4) is 0 Å². The molecule has 1 amide bonds. The number of piperidine rings is 1. The van der Waals surface area contributed by atoms with Crippen molar-refractivity contribution < 1.29 is 9.18 Å². The lowest BCUT2D eigenvalue weighted by atomic mass is 9.95. The van der Waals surface area contributed by atoms with Crippen LogP contribution in [0.25, 0.3) is 0 Å². The van der Waals surface area contributed by atoms with E-state index in [2.05, 4.69) is 29.2 Å². The van der Waals surface area contributed by atoms with Crippen LogP contribution in [0.15, 0.2) is 54.6 Å². The number of amides is 1. The lowest BCUT2D eigenvalue weighted by Gasteiger charge is -2.36. The van der Waals surface area contributed by atoms with Crippen LogP contribution in [-0.4, -0.2) is 23.4 Å². The van der Waals surface area contributed by atoms with Crippen LogP contribution in [0.4, 0.5) is 4.39 Å². The summed E-state index contributed by atoms with van der Waals surface area (Å²) in [5, 5.41) is 0. The Balaban J connectivity index is 1.59. The van der Waals surface area contributed by atoms with Gasteiger partial charge < -0.3 is 4.90 Å². The van der Waals surface area contributed by atoms with Crippen LogP contribution in [0, 0.1) is 5.82 Å². The van der Waals surface area contributed by atoms with Gasteiger partial charge >= 0.3 is 0 Å². The smallest absolute Gasteiger partial charge is 0.223 e. The van der Waals surface area contributed by atoms with Crippen molar-refractivity contribution in [1.82, 2.24) is 4.90 Å². The highest BCUT2D eigenvalue weighted by Crippen LogP contribution is 2.22. The fourth-order valence-corrected chi connectivity index (χ4v) is 3.47. The second-order valence-electron chi connectivity index (χ2n) is 6.55. The second-order valence-corrected chi connectivity index (χ2v) is 6.55. The zero-order chi connectivity index (χ0) is 16.8. The molecule has 3 heteroatoms. The average Bonchev–Trinajstić information content (AvgIpc) is 2.62. The third kappa shape index (κ3) is 4.44. The first kappa shape index (κ1) is 16.7. The van der Waals surface area contributed by atoms with E-state index in [1.54, 1.807) is 12.1 Å². The third-order valence-corrected chi connectivity index (χ3v) is 4.80. The standard InChI is InChI=1S/C21H24FNO/c22-19-12-9-17(10-13-19)11-14-21(24)23-15-5-4-8-20(23)16-18-6-2-1-3-7-18/h1-3,6-7,9-10,12-13,20H,4-5,8,11,14-16H2/t20-/m1/s1. The summed E-state index contributed by atoms with van der Waals surface area (Å²) in [6, 6.07) is 17.2. The van der Waals surface area contributed by atoms with E-state index in [-0.39, 0.29) is 11.7 Å². The lowest BCUT2D eigenvalue weighted by Crippen LogP contribution is -2.44. The number of aryl methyl sites for hydroxylation is 1. The van der Waals surface area contributed by atoms with Crippen LogP contribution in [0.2, 0.25) is 0 Å². The predicted octanol–water partition coefficient (Wildman–Crippen LogP) is 4.38. The molecule has 2 nitrogen and oxygen atoms in total. The first-order valence-electron chi connectivity index (χ1n) is 8.80. The molecule has 1 heterocycles. The molecular weight excluding hydrogens is 301 g/mol. The molecule has 2 aromatic rings. The summed E-state index contributed by atoms with van der Waals surface area (Å²) >= 11 is 0. The molecule has 0 spiro atoms. The van der Waals surface area contributed by atoms with Crippen LogP contribution in [0.3, 0.4) is 0 Å². The Bertz CT molecular complexity index is 653. The van der Waals surface area contributed by atoms with E-state index >= 15 is 0 Å². The monoisotopic (exact) mass is 325 g/mol. The SMILES string of the molecule is O=C(CCc1ccc(F)cc1)N1CCCC[C@@H]1Cc1ccccc1. The zero-order valence-electron chi connectivity index (χ0n) is 14.0. The number of hydrogen-bond donors (Lipinski definition) is 0. The minimum Gasteiger partial charge on any atom is -0.339 e.